The van der Waals surface area contributed by atoms with E-state index >= 15 is 0 Å². The zero-order valence-electron chi connectivity index (χ0n) is 14.1. The van der Waals surface area contributed by atoms with E-state index in [1.165, 1.54) is 38.1 Å². The Morgan fingerprint density at radius 2 is 1.88 bits per heavy atom. The molecule has 7 heteroatoms. The number of ether oxygens (including phenoxy) is 2. The summed E-state index contributed by atoms with van der Waals surface area (Å²) in [5.74, 6) is 1.10. The summed E-state index contributed by atoms with van der Waals surface area (Å²) in [6.07, 6.45) is 0. The van der Waals surface area contributed by atoms with Crippen molar-refractivity contribution in [3.63, 3.8) is 0 Å². The average Bonchev–Trinajstić information content (AvgIpc) is 2.59. The van der Waals surface area contributed by atoms with Crippen LogP contribution in [0.1, 0.15) is 12.5 Å². The van der Waals surface area contributed by atoms with Gasteiger partial charge in [0.15, 0.2) is 0 Å². The Kier molecular flexibility index (Phi) is 6.96. The van der Waals surface area contributed by atoms with Crippen molar-refractivity contribution in [2.45, 2.75) is 17.9 Å². The van der Waals surface area contributed by atoms with Gasteiger partial charge in [0.2, 0.25) is 5.91 Å². The fourth-order valence-electron chi connectivity index (χ4n) is 2.14. The lowest BCUT2D eigenvalue weighted by Gasteiger charge is -2.14. The van der Waals surface area contributed by atoms with Gasteiger partial charge in [0.25, 0.3) is 0 Å². The van der Waals surface area contributed by atoms with E-state index in [9.17, 15) is 9.18 Å². The molecule has 0 saturated carbocycles. The molecule has 2 aromatic carbocycles. The first-order chi connectivity index (χ1) is 11.9. The van der Waals surface area contributed by atoms with Crippen LogP contribution < -0.4 is 14.8 Å². The Bertz CT molecular complexity index is 757. The summed E-state index contributed by atoms with van der Waals surface area (Å²) >= 11 is 7.44. The highest BCUT2D eigenvalue weighted by Crippen LogP contribution is 2.29. The van der Waals surface area contributed by atoms with E-state index in [0.29, 0.717) is 33.5 Å². The molecule has 1 amide bonds. The molecule has 25 heavy (non-hydrogen) atoms. The first-order valence-corrected chi connectivity index (χ1v) is 8.95. The summed E-state index contributed by atoms with van der Waals surface area (Å²) < 4.78 is 23.7. The summed E-state index contributed by atoms with van der Waals surface area (Å²) in [5.41, 5.74) is 1.30. The van der Waals surface area contributed by atoms with E-state index in [0.717, 1.165) is 0 Å². The van der Waals surface area contributed by atoms with Crippen LogP contribution in [0.4, 0.5) is 10.1 Å². The number of halogens is 2. The number of thioether (sulfide) groups is 1. The highest BCUT2D eigenvalue weighted by Gasteiger charge is 2.16. The van der Waals surface area contributed by atoms with Gasteiger partial charge in [-0.2, -0.15) is 0 Å². The van der Waals surface area contributed by atoms with Gasteiger partial charge in [0.1, 0.15) is 17.3 Å². The predicted octanol–water partition coefficient (Wildman–Crippen LogP) is 4.76. The normalized spacial score (nSPS) is 11.7. The fraction of sp³-hybridized carbons (Fsp3) is 0.278. The number of benzene rings is 2. The molecule has 0 heterocycles. The third kappa shape index (κ3) is 5.28. The maximum atomic E-state index is 13.4. The second kappa shape index (κ2) is 8.97. The molecule has 1 unspecified atom stereocenters. The first-order valence-electron chi connectivity index (χ1n) is 7.53. The van der Waals surface area contributed by atoms with Crippen LogP contribution in [-0.4, -0.2) is 25.4 Å². The highest BCUT2D eigenvalue weighted by atomic mass is 35.5. The summed E-state index contributed by atoms with van der Waals surface area (Å²) in [5, 5.41) is 2.89. The molecule has 0 saturated heterocycles. The van der Waals surface area contributed by atoms with Crippen LogP contribution in [0.2, 0.25) is 5.02 Å². The van der Waals surface area contributed by atoms with Crippen LogP contribution in [0.15, 0.2) is 36.4 Å². The minimum Gasteiger partial charge on any atom is -0.496 e. The number of anilines is 1. The van der Waals surface area contributed by atoms with Crippen molar-refractivity contribution >= 4 is 35.0 Å². The summed E-state index contributed by atoms with van der Waals surface area (Å²) in [4.78, 5) is 12.3. The van der Waals surface area contributed by atoms with Crippen molar-refractivity contribution in [2.75, 3.05) is 19.5 Å². The number of amides is 1. The number of hydrogen-bond donors (Lipinski definition) is 1. The van der Waals surface area contributed by atoms with Gasteiger partial charge in [-0.25, -0.2) is 4.39 Å². The van der Waals surface area contributed by atoms with Gasteiger partial charge < -0.3 is 14.8 Å². The van der Waals surface area contributed by atoms with Crippen LogP contribution >= 0.6 is 23.4 Å². The van der Waals surface area contributed by atoms with Crippen LogP contribution in [0.5, 0.6) is 11.5 Å². The van der Waals surface area contributed by atoms with Crippen LogP contribution in [0.25, 0.3) is 0 Å². The zero-order valence-corrected chi connectivity index (χ0v) is 15.7. The molecule has 134 valence electrons. The van der Waals surface area contributed by atoms with Crippen molar-refractivity contribution in [2.24, 2.45) is 0 Å². The Hall–Kier alpha value is -1.92. The van der Waals surface area contributed by atoms with E-state index in [-0.39, 0.29) is 17.0 Å². The van der Waals surface area contributed by atoms with Gasteiger partial charge in [-0.3, -0.25) is 4.79 Å². The number of rotatable bonds is 7. The van der Waals surface area contributed by atoms with Crippen LogP contribution in [0.3, 0.4) is 0 Å². The molecule has 0 radical (unpaired) electrons. The van der Waals surface area contributed by atoms with E-state index in [1.807, 2.05) is 0 Å². The molecule has 0 fully saturated rings. The zero-order chi connectivity index (χ0) is 18.4. The van der Waals surface area contributed by atoms with Crippen molar-refractivity contribution in [3.8, 4) is 11.5 Å². The van der Waals surface area contributed by atoms with Gasteiger partial charge >= 0.3 is 0 Å². The molecular weight excluding hydrogens is 365 g/mol. The monoisotopic (exact) mass is 383 g/mol. The molecule has 0 spiro atoms. The minimum absolute atomic E-state index is 0.165. The third-order valence-electron chi connectivity index (χ3n) is 3.52. The maximum absolute atomic E-state index is 13.4. The molecule has 0 aliphatic heterocycles. The Labute approximate surface area is 155 Å². The lowest BCUT2D eigenvalue weighted by Crippen LogP contribution is -2.22. The Balaban J connectivity index is 1.96. The van der Waals surface area contributed by atoms with E-state index in [2.05, 4.69) is 5.32 Å². The minimum atomic E-state index is -0.339. The number of carbonyl (C=O) groups is 1. The van der Waals surface area contributed by atoms with E-state index in [4.69, 9.17) is 21.1 Å². The van der Waals surface area contributed by atoms with Gasteiger partial charge in [-0.15, -0.1) is 11.8 Å². The number of carbonyl (C=O) groups excluding carboxylic acids is 1. The maximum Gasteiger partial charge on any atom is 0.237 e. The van der Waals surface area contributed by atoms with Gasteiger partial charge in [-0.05, 0) is 43.3 Å². The molecular formula is C18H19ClFNO3S. The summed E-state index contributed by atoms with van der Waals surface area (Å²) in [6.45, 7) is 1.79. The number of methoxy groups -OCH3 is 2. The largest absolute Gasteiger partial charge is 0.496 e. The van der Waals surface area contributed by atoms with E-state index < -0.39 is 0 Å². The smallest absolute Gasteiger partial charge is 0.237 e. The SMILES string of the molecule is COc1ccc(NC(=O)C(C)SCc2cc(F)ccc2OC)cc1Cl. The first kappa shape index (κ1) is 19.4. The molecule has 1 atom stereocenters. The highest BCUT2D eigenvalue weighted by molar-refractivity contribution is 7.99. The summed E-state index contributed by atoms with van der Waals surface area (Å²) in [6, 6.07) is 9.37. The number of hydrogen-bond acceptors (Lipinski definition) is 4. The second-order valence-electron chi connectivity index (χ2n) is 5.25. The number of nitrogens with one attached hydrogen (secondary N) is 1. The predicted molar refractivity (Wildman–Crippen MR) is 100 cm³/mol. The van der Waals surface area contributed by atoms with Gasteiger partial charge in [0.05, 0.1) is 24.5 Å². The second-order valence-corrected chi connectivity index (χ2v) is 6.98. The average molecular weight is 384 g/mol. The molecule has 4 nitrogen and oxygen atoms in total. The molecule has 1 N–H and O–H groups in total. The van der Waals surface area contributed by atoms with Crippen molar-refractivity contribution < 1.29 is 18.7 Å². The van der Waals surface area contributed by atoms with Crippen molar-refractivity contribution in [1.82, 2.24) is 0 Å². The molecule has 0 aliphatic rings. The van der Waals surface area contributed by atoms with Gasteiger partial charge in [-0.1, -0.05) is 11.6 Å². The quantitative estimate of drug-likeness (QED) is 0.749. The molecule has 0 aliphatic carbocycles. The van der Waals surface area contributed by atoms with Crippen molar-refractivity contribution in [1.29, 1.82) is 0 Å². The molecule has 2 aromatic rings. The lowest BCUT2D eigenvalue weighted by molar-refractivity contribution is -0.115. The Morgan fingerprint density at radius 1 is 1.20 bits per heavy atom. The van der Waals surface area contributed by atoms with E-state index in [1.54, 1.807) is 31.2 Å². The molecule has 2 rings (SSSR count). The summed E-state index contributed by atoms with van der Waals surface area (Å²) in [7, 11) is 3.06. The Morgan fingerprint density at radius 3 is 2.52 bits per heavy atom. The van der Waals surface area contributed by atoms with Crippen LogP contribution in [-0.2, 0) is 10.5 Å². The standard InChI is InChI=1S/C18H19ClFNO3S/c1-11(25-10-12-8-13(20)4-6-16(12)23-2)18(22)21-14-5-7-17(24-3)15(19)9-14/h4-9,11H,10H2,1-3H3,(H,21,22). The lowest BCUT2D eigenvalue weighted by atomic mass is 10.2. The topological polar surface area (TPSA) is 47.6 Å². The third-order valence-corrected chi connectivity index (χ3v) is 5.01. The molecule has 0 bridgehead atoms. The molecule has 0 aromatic heterocycles. The van der Waals surface area contributed by atoms with Gasteiger partial charge in [0, 0.05) is 17.0 Å². The van der Waals surface area contributed by atoms with Crippen LogP contribution in [0, 0.1) is 5.82 Å². The fourth-order valence-corrected chi connectivity index (χ4v) is 3.26. The van der Waals surface area contributed by atoms with Crippen molar-refractivity contribution in [3.05, 3.63) is 52.8 Å².